The van der Waals surface area contributed by atoms with Crippen LogP contribution < -0.4 is 0 Å². The molecular formula is C22H37FO. The predicted octanol–water partition coefficient (Wildman–Crippen LogP) is 6.68. The Hall–Kier alpha value is -0.370. The molecule has 3 fully saturated rings. The lowest BCUT2D eigenvalue weighted by molar-refractivity contribution is 0.0357. The fraction of sp³-hybridized carbons (Fsp3) is 0.909. The summed E-state index contributed by atoms with van der Waals surface area (Å²) in [7, 11) is 1.87. The summed E-state index contributed by atoms with van der Waals surface area (Å²) < 4.78 is 19.3. The average Bonchev–Trinajstić information content (AvgIpc) is 2.68. The standard InChI is InChI=1S/C22H37FO/c1-3-22(23)20-10-8-18(9-11-20)16-4-6-17(7-5-16)19-12-14-21(24-2)15-13-19/h3,16-21H,4-15H2,1-2H3/b22-3-. The first kappa shape index (κ1) is 18.4. The highest BCUT2D eigenvalue weighted by atomic mass is 19.1. The van der Waals surface area contributed by atoms with Gasteiger partial charge in [-0.15, -0.1) is 0 Å². The maximum absolute atomic E-state index is 13.7. The van der Waals surface area contributed by atoms with E-state index in [2.05, 4.69) is 0 Å². The van der Waals surface area contributed by atoms with Crippen molar-refractivity contribution in [3.8, 4) is 0 Å². The minimum absolute atomic E-state index is 0.142. The molecule has 0 amide bonds. The molecule has 0 aliphatic heterocycles. The smallest absolute Gasteiger partial charge is 0.0987 e. The van der Waals surface area contributed by atoms with E-state index < -0.39 is 0 Å². The van der Waals surface area contributed by atoms with Crippen LogP contribution in [0, 0.1) is 29.6 Å². The molecule has 3 aliphatic rings. The van der Waals surface area contributed by atoms with E-state index in [0.717, 1.165) is 36.5 Å². The Morgan fingerprint density at radius 1 is 0.708 bits per heavy atom. The lowest BCUT2D eigenvalue weighted by atomic mass is 9.65. The van der Waals surface area contributed by atoms with Crippen molar-refractivity contribution in [2.75, 3.05) is 7.11 Å². The Kier molecular flexibility index (Phi) is 6.78. The van der Waals surface area contributed by atoms with Crippen molar-refractivity contribution in [1.29, 1.82) is 0 Å². The van der Waals surface area contributed by atoms with E-state index in [0.29, 0.717) is 6.10 Å². The molecular weight excluding hydrogens is 299 g/mol. The second-order valence-electron chi connectivity index (χ2n) is 8.73. The van der Waals surface area contributed by atoms with Gasteiger partial charge in [0.25, 0.3) is 0 Å². The zero-order valence-corrected chi connectivity index (χ0v) is 15.8. The monoisotopic (exact) mass is 336 g/mol. The lowest BCUT2D eigenvalue weighted by Gasteiger charge is -2.41. The molecule has 0 unspecified atom stereocenters. The summed E-state index contributed by atoms with van der Waals surface area (Å²) in [6.45, 7) is 1.84. The van der Waals surface area contributed by atoms with E-state index >= 15 is 0 Å². The third-order valence-electron chi connectivity index (χ3n) is 7.64. The second-order valence-corrected chi connectivity index (χ2v) is 8.73. The van der Waals surface area contributed by atoms with E-state index in [1.54, 1.807) is 6.08 Å². The Morgan fingerprint density at radius 3 is 1.46 bits per heavy atom. The highest BCUT2D eigenvalue weighted by Crippen LogP contribution is 2.46. The van der Waals surface area contributed by atoms with Crippen molar-refractivity contribution in [3.63, 3.8) is 0 Å². The number of hydrogen-bond acceptors (Lipinski definition) is 1. The highest BCUT2D eigenvalue weighted by molar-refractivity contribution is 4.98. The zero-order valence-electron chi connectivity index (χ0n) is 15.8. The van der Waals surface area contributed by atoms with E-state index in [1.165, 1.54) is 64.2 Å². The van der Waals surface area contributed by atoms with Crippen molar-refractivity contribution in [2.45, 2.75) is 90.1 Å². The van der Waals surface area contributed by atoms with E-state index in [1.807, 2.05) is 14.0 Å². The second kappa shape index (κ2) is 8.83. The van der Waals surface area contributed by atoms with Gasteiger partial charge in [0.05, 0.1) is 11.9 Å². The van der Waals surface area contributed by atoms with Crippen molar-refractivity contribution < 1.29 is 9.13 Å². The number of hydrogen-bond donors (Lipinski definition) is 0. The number of ether oxygens (including phenoxy) is 1. The van der Waals surface area contributed by atoms with Gasteiger partial charge in [-0.25, -0.2) is 4.39 Å². The summed E-state index contributed by atoms with van der Waals surface area (Å²) >= 11 is 0. The van der Waals surface area contributed by atoms with Crippen LogP contribution in [0.5, 0.6) is 0 Å². The Bertz CT molecular complexity index is 394. The molecule has 0 spiro atoms. The van der Waals surface area contributed by atoms with Crippen LogP contribution in [-0.2, 0) is 4.74 Å². The van der Waals surface area contributed by atoms with Gasteiger partial charge >= 0.3 is 0 Å². The molecule has 1 nitrogen and oxygen atoms in total. The first-order valence-corrected chi connectivity index (χ1v) is 10.6. The fourth-order valence-corrected chi connectivity index (χ4v) is 5.99. The molecule has 0 atom stereocenters. The number of rotatable bonds is 4. The van der Waals surface area contributed by atoms with E-state index in [4.69, 9.17) is 4.74 Å². The third kappa shape index (κ3) is 4.42. The van der Waals surface area contributed by atoms with Crippen LogP contribution in [0.3, 0.4) is 0 Å². The van der Waals surface area contributed by atoms with Gasteiger partial charge in [0.15, 0.2) is 0 Å². The Labute approximate surface area is 148 Å². The average molecular weight is 337 g/mol. The lowest BCUT2D eigenvalue weighted by Crippen LogP contribution is -2.31. The molecule has 0 aromatic carbocycles. The normalized spacial score (nSPS) is 42.0. The summed E-state index contributed by atoms with van der Waals surface area (Å²) in [5.74, 6) is 4.15. The molecule has 0 heterocycles. The summed E-state index contributed by atoms with van der Waals surface area (Å²) in [4.78, 5) is 0. The summed E-state index contributed by atoms with van der Waals surface area (Å²) in [6.07, 6.45) is 18.0. The van der Waals surface area contributed by atoms with Crippen LogP contribution in [0.4, 0.5) is 4.39 Å². The predicted molar refractivity (Wildman–Crippen MR) is 98.5 cm³/mol. The molecule has 0 aromatic heterocycles. The highest BCUT2D eigenvalue weighted by Gasteiger charge is 2.35. The third-order valence-corrected chi connectivity index (χ3v) is 7.64. The largest absolute Gasteiger partial charge is 0.381 e. The maximum atomic E-state index is 13.7. The van der Waals surface area contributed by atoms with Gasteiger partial charge in [0, 0.05) is 13.0 Å². The topological polar surface area (TPSA) is 9.23 Å². The molecule has 24 heavy (non-hydrogen) atoms. The first-order valence-electron chi connectivity index (χ1n) is 10.6. The molecule has 3 saturated carbocycles. The van der Waals surface area contributed by atoms with Crippen LogP contribution in [0.2, 0.25) is 0 Å². The van der Waals surface area contributed by atoms with Gasteiger partial charge in [-0.05, 0) is 108 Å². The first-order chi connectivity index (χ1) is 11.7. The van der Waals surface area contributed by atoms with Crippen molar-refractivity contribution >= 4 is 0 Å². The SMILES string of the molecule is C/C=C(\F)C1CCC(C2CCC(C3CCC(OC)CC3)CC2)CC1. The molecule has 138 valence electrons. The van der Waals surface area contributed by atoms with Crippen LogP contribution in [-0.4, -0.2) is 13.2 Å². The van der Waals surface area contributed by atoms with E-state index in [-0.39, 0.29) is 11.7 Å². The van der Waals surface area contributed by atoms with Crippen molar-refractivity contribution in [1.82, 2.24) is 0 Å². The zero-order chi connectivity index (χ0) is 16.9. The fourth-order valence-electron chi connectivity index (χ4n) is 5.99. The van der Waals surface area contributed by atoms with E-state index in [9.17, 15) is 4.39 Å². The summed E-state index contributed by atoms with van der Waals surface area (Å²) in [6, 6.07) is 0. The molecule has 3 rings (SSSR count). The summed E-state index contributed by atoms with van der Waals surface area (Å²) in [5, 5.41) is 0. The molecule has 0 aromatic rings. The number of halogens is 1. The number of methoxy groups -OCH3 is 1. The van der Waals surface area contributed by atoms with Crippen LogP contribution in [0.25, 0.3) is 0 Å². The van der Waals surface area contributed by atoms with Crippen LogP contribution in [0.1, 0.15) is 84.0 Å². The molecule has 0 N–H and O–H groups in total. The van der Waals surface area contributed by atoms with Gasteiger partial charge in [-0.3, -0.25) is 0 Å². The van der Waals surface area contributed by atoms with Crippen LogP contribution >= 0.6 is 0 Å². The van der Waals surface area contributed by atoms with Gasteiger partial charge < -0.3 is 4.74 Å². The van der Waals surface area contributed by atoms with Gasteiger partial charge in [0.1, 0.15) is 0 Å². The molecule has 3 aliphatic carbocycles. The minimum atomic E-state index is 0.142. The maximum Gasteiger partial charge on any atom is 0.0987 e. The minimum Gasteiger partial charge on any atom is -0.381 e. The Balaban J connectivity index is 1.40. The van der Waals surface area contributed by atoms with Crippen molar-refractivity contribution in [2.24, 2.45) is 29.6 Å². The Morgan fingerprint density at radius 2 is 1.08 bits per heavy atom. The molecule has 0 radical (unpaired) electrons. The van der Waals surface area contributed by atoms with Gasteiger partial charge in [-0.1, -0.05) is 6.08 Å². The van der Waals surface area contributed by atoms with Gasteiger partial charge in [-0.2, -0.15) is 0 Å². The van der Waals surface area contributed by atoms with Crippen LogP contribution in [0.15, 0.2) is 11.9 Å². The van der Waals surface area contributed by atoms with Crippen molar-refractivity contribution in [3.05, 3.63) is 11.9 Å². The quantitative estimate of drug-likeness (QED) is 0.556. The molecule has 0 bridgehead atoms. The van der Waals surface area contributed by atoms with Gasteiger partial charge in [0.2, 0.25) is 0 Å². The molecule has 2 heteroatoms. The summed E-state index contributed by atoms with van der Waals surface area (Å²) in [5.41, 5.74) is 0. The number of allylic oxidation sites excluding steroid dienone is 2. The molecule has 0 saturated heterocycles.